The fourth-order valence-corrected chi connectivity index (χ4v) is 9.64. The third-order valence-corrected chi connectivity index (χ3v) is 12.5. The highest BCUT2D eigenvalue weighted by Crippen LogP contribution is 2.52. The fourth-order valence-electron chi connectivity index (χ4n) is 9.64. The Labute approximate surface area is 336 Å². The molecule has 0 saturated carbocycles. The molecule has 0 fully saturated rings. The Morgan fingerprint density at radius 1 is 0.414 bits per heavy atom. The van der Waals surface area contributed by atoms with Gasteiger partial charge in [-0.05, 0) is 86.8 Å². The largest absolute Gasteiger partial charge is 0.456 e. The van der Waals surface area contributed by atoms with Crippen molar-refractivity contribution in [2.75, 3.05) is 4.90 Å². The molecule has 0 amide bonds. The van der Waals surface area contributed by atoms with Crippen molar-refractivity contribution in [2.24, 2.45) is 0 Å². The summed E-state index contributed by atoms with van der Waals surface area (Å²) < 4.78 is 13.7. The van der Waals surface area contributed by atoms with E-state index in [2.05, 4.69) is 195 Å². The molecule has 1 aliphatic rings. The van der Waals surface area contributed by atoms with Gasteiger partial charge in [-0.15, -0.1) is 0 Å². The predicted molar refractivity (Wildman–Crippen MR) is 242 cm³/mol. The van der Waals surface area contributed by atoms with E-state index in [0.29, 0.717) is 0 Å². The molecule has 0 atom stereocenters. The molecule has 12 rings (SSSR count). The van der Waals surface area contributed by atoms with E-state index in [0.717, 1.165) is 72.1 Å². The fraction of sp³-hybridized carbons (Fsp3) is 0.0545. The van der Waals surface area contributed by atoms with E-state index in [1.807, 2.05) is 12.1 Å². The van der Waals surface area contributed by atoms with Gasteiger partial charge in [0.25, 0.3) is 0 Å². The smallest absolute Gasteiger partial charge is 0.144 e. The van der Waals surface area contributed by atoms with Gasteiger partial charge < -0.3 is 13.7 Å². The molecule has 58 heavy (non-hydrogen) atoms. The first kappa shape index (κ1) is 32.8. The Morgan fingerprint density at radius 2 is 1.09 bits per heavy atom. The normalized spacial score (nSPS) is 13.1. The van der Waals surface area contributed by atoms with E-state index in [4.69, 9.17) is 8.83 Å². The molecule has 11 aromatic rings. The monoisotopic (exact) mass is 743 g/mol. The van der Waals surface area contributed by atoms with Crippen molar-refractivity contribution in [3.63, 3.8) is 0 Å². The van der Waals surface area contributed by atoms with E-state index in [1.165, 1.54) is 44.2 Å². The maximum absolute atomic E-state index is 7.11. The zero-order chi connectivity index (χ0) is 38.5. The van der Waals surface area contributed by atoms with Crippen LogP contribution < -0.4 is 4.90 Å². The first-order valence-electron chi connectivity index (χ1n) is 20.0. The van der Waals surface area contributed by atoms with Gasteiger partial charge in [0.05, 0.1) is 5.69 Å². The molecular weight excluding hydrogens is 707 g/mol. The summed E-state index contributed by atoms with van der Waals surface area (Å²) in [4.78, 5) is 2.40. The van der Waals surface area contributed by atoms with Gasteiger partial charge in [-0.25, -0.2) is 0 Å². The minimum absolute atomic E-state index is 0.133. The summed E-state index contributed by atoms with van der Waals surface area (Å²) in [6.07, 6.45) is 0. The Balaban J connectivity index is 1.09. The third-order valence-electron chi connectivity index (χ3n) is 12.5. The van der Waals surface area contributed by atoms with Crippen LogP contribution in [0.25, 0.3) is 88.0 Å². The third kappa shape index (κ3) is 4.80. The van der Waals surface area contributed by atoms with Gasteiger partial charge >= 0.3 is 0 Å². The summed E-state index contributed by atoms with van der Waals surface area (Å²) in [5, 5.41) is 6.60. The molecule has 0 radical (unpaired) electrons. The van der Waals surface area contributed by atoms with Crippen LogP contribution in [0.15, 0.2) is 197 Å². The molecule has 0 spiro atoms. The standard InChI is InChI=1S/C55H37NO2/c1-55(2)46-20-10-8-18-41(46)42-29-27-38(31-47(42)55)56(48-21-12-16-36-15-6-7-17-40(36)48)39-28-30-43-45-33-51-53(44-19-9-11-22-49(44)57-51)52(54(45)58-50(43)32-39)37-25-23-35(24-26-37)34-13-4-3-5-14-34/h3-33H,1-2H3. The number of nitrogens with zero attached hydrogens (tertiary/aromatic N) is 1. The van der Waals surface area contributed by atoms with E-state index >= 15 is 0 Å². The Bertz CT molecular complexity index is 3420. The highest BCUT2D eigenvalue weighted by Gasteiger charge is 2.36. The Morgan fingerprint density at radius 3 is 1.97 bits per heavy atom. The lowest BCUT2D eigenvalue weighted by atomic mass is 9.82. The van der Waals surface area contributed by atoms with Crippen molar-refractivity contribution >= 4 is 71.7 Å². The van der Waals surface area contributed by atoms with Gasteiger partial charge in [0.2, 0.25) is 0 Å². The van der Waals surface area contributed by atoms with E-state index < -0.39 is 0 Å². The minimum atomic E-state index is -0.133. The Kier molecular flexibility index (Phi) is 6.98. The van der Waals surface area contributed by atoms with Crippen LogP contribution in [0.5, 0.6) is 0 Å². The molecule has 2 aromatic heterocycles. The molecule has 0 N–H and O–H groups in total. The van der Waals surface area contributed by atoms with Crippen molar-refractivity contribution in [1.29, 1.82) is 0 Å². The lowest BCUT2D eigenvalue weighted by Gasteiger charge is -2.29. The summed E-state index contributed by atoms with van der Waals surface area (Å²) in [5.41, 5.74) is 16.3. The second-order valence-corrected chi connectivity index (χ2v) is 16.1. The van der Waals surface area contributed by atoms with Crippen LogP contribution in [0.4, 0.5) is 17.1 Å². The van der Waals surface area contributed by atoms with Gasteiger partial charge in [-0.3, -0.25) is 0 Å². The molecule has 1 aliphatic carbocycles. The van der Waals surface area contributed by atoms with Crippen LogP contribution in [0.3, 0.4) is 0 Å². The van der Waals surface area contributed by atoms with Crippen LogP contribution in [0.2, 0.25) is 0 Å². The average molecular weight is 744 g/mol. The van der Waals surface area contributed by atoms with Crippen LogP contribution >= 0.6 is 0 Å². The molecule has 2 heterocycles. The van der Waals surface area contributed by atoms with Gasteiger partial charge in [0.15, 0.2) is 0 Å². The number of benzene rings is 9. The van der Waals surface area contributed by atoms with Crippen molar-refractivity contribution in [2.45, 2.75) is 19.3 Å². The topological polar surface area (TPSA) is 29.5 Å². The first-order chi connectivity index (χ1) is 28.5. The van der Waals surface area contributed by atoms with Crippen molar-refractivity contribution in [3.8, 4) is 33.4 Å². The van der Waals surface area contributed by atoms with Gasteiger partial charge in [0.1, 0.15) is 22.3 Å². The van der Waals surface area contributed by atoms with Gasteiger partial charge in [-0.1, -0.05) is 153 Å². The summed E-state index contributed by atoms with van der Waals surface area (Å²) in [6, 6.07) is 67.6. The second-order valence-electron chi connectivity index (χ2n) is 16.1. The van der Waals surface area contributed by atoms with Crippen LogP contribution in [0, 0.1) is 0 Å². The number of furan rings is 2. The summed E-state index contributed by atoms with van der Waals surface area (Å²) in [7, 11) is 0. The highest BCUT2D eigenvalue weighted by molar-refractivity contribution is 6.23. The molecule has 0 saturated heterocycles. The molecule has 3 heteroatoms. The van der Waals surface area contributed by atoms with Gasteiger partial charge in [0, 0.05) is 55.4 Å². The lowest BCUT2D eigenvalue weighted by molar-refractivity contribution is 0.660. The average Bonchev–Trinajstić information content (AvgIpc) is 3.90. The van der Waals surface area contributed by atoms with Crippen molar-refractivity contribution < 1.29 is 8.83 Å². The predicted octanol–water partition coefficient (Wildman–Crippen LogP) is 15.7. The van der Waals surface area contributed by atoms with E-state index in [1.54, 1.807) is 0 Å². The zero-order valence-electron chi connectivity index (χ0n) is 32.2. The summed E-state index contributed by atoms with van der Waals surface area (Å²) in [5.74, 6) is 0. The minimum Gasteiger partial charge on any atom is -0.456 e. The number of para-hydroxylation sites is 1. The number of hydrogen-bond donors (Lipinski definition) is 0. The van der Waals surface area contributed by atoms with Crippen LogP contribution in [0.1, 0.15) is 25.0 Å². The number of fused-ring (bicyclic) bond motifs is 10. The molecule has 3 nitrogen and oxygen atoms in total. The first-order valence-corrected chi connectivity index (χ1v) is 20.0. The molecule has 0 aliphatic heterocycles. The maximum atomic E-state index is 7.11. The van der Waals surface area contributed by atoms with E-state index in [9.17, 15) is 0 Å². The summed E-state index contributed by atoms with van der Waals surface area (Å²) >= 11 is 0. The Hall–Kier alpha value is -7.36. The highest BCUT2D eigenvalue weighted by atomic mass is 16.3. The SMILES string of the molecule is CC1(C)c2ccccc2-c2ccc(N(c3ccc4c(c3)oc3c(-c5ccc(-c6ccccc6)cc5)c5c(cc34)oc3ccccc35)c3cccc4ccccc34)cc21. The van der Waals surface area contributed by atoms with Gasteiger partial charge in [-0.2, -0.15) is 0 Å². The van der Waals surface area contributed by atoms with Crippen molar-refractivity contribution in [3.05, 3.63) is 199 Å². The molecule has 274 valence electrons. The lowest BCUT2D eigenvalue weighted by Crippen LogP contribution is -2.16. The quantitative estimate of drug-likeness (QED) is 0.176. The van der Waals surface area contributed by atoms with Crippen LogP contribution in [-0.2, 0) is 5.41 Å². The second kappa shape index (κ2) is 12.3. The van der Waals surface area contributed by atoms with Crippen molar-refractivity contribution in [1.82, 2.24) is 0 Å². The number of rotatable bonds is 5. The molecular formula is C55H37NO2. The zero-order valence-corrected chi connectivity index (χ0v) is 32.2. The van der Waals surface area contributed by atoms with Crippen LogP contribution in [-0.4, -0.2) is 0 Å². The van der Waals surface area contributed by atoms with E-state index in [-0.39, 0.29) is 5.41 Å². The molecule has 0 bridgehead atoms. The number of anilines is 3. The molecule has 0 unspecified atom stereocenters. The summed E-state index contributed by atoms with van der Waals surface area (Å²) in [6.45, 7) is 4.69. The molecule has 9 aromatic carbocycles. The number of hydrogen-bond acceptors (Lipinski definition) is 3. The maximum Gasteiger partial charge on any atom is 0.144 e.